The Labute approximate surface area is 188 Å². The number of ether oxygens (including phenoxy) is 4. The summed E-state index contributed by atoms with van der Waals surface area (Å²) >= 11 is 5.58. The van der Waals surface area contributed by atoms with Gasteiger partial charge in [-0.2, -0.15) is 0 Å². The van der Waals surface area contributed by atoms with Crippen LogP contribution in [-0.2, 0) is 19.0 Å². The zero-order chi connectivity index (χ0) is 23.6. The van der Waals surface area contributed by atoms with Gasteiger partial charge in [-0.05, 0) is 12.1 Å². The molecule has 2 aliphatic heterocycles. The minimum atomic E-state index is -4.70. The number of anilines is 1. The minimum Gasteiger partial charge on any atom is -0.484 e. The first-order chi connectivity index (χ1) is 15.7. The predicted molar refractivity (Wildman–Crippen MR) is 101 cm³/mol. The van der Waals surface area contributed by atoms with E-state index in [-0.39, 0.29) is 55.6 Å². The number of amides is 1. The zero-order valence-corrected chi connectivity index (χ0v) is 17.4. The Morgan fingerprint density at radius 2 is 1.97 bits per heavy atom. The van der Waals surface area contributed by atoms with E-state index in [1.807, 2.05) is 0 Å². The van der Waals surface area contributed by atoms with Crippen LogP contribution >= 0.6 is 11.6 Å². The van der Waals surface area contributed by atoms with Crippen molar-refractivity contribution in [1.29, 1.82) is 0 Å². The summed E-state index contributed by atoms with van der Waals surface area (Å²) in [4.78, 5) is 13.4. The second kappa shape index (κ2) is 9.67. The molecular formula is C18H17ClF4N4O6. The number of carbonyl (C=O) groups is 1. The number of hydrogen-bond donors (Lipinski definition) is 1. The molecule has 1 amide bonds. The fourth-order valence-electron chi connectivity index (χ4n) is 3.02. The normalized spacial score (nSPS) is 21.5. The number of nitrogens with one attached hydrogen (secondary N) is 1. The molecule has 33 heavy (non-hydrogen) atoms. The Kier molecular flexibility index (Phi) is 6.88. The van der Waals surface area contributed by atoms with E-state index in [4.69, 9.17) is 30.2 Å². The van der Waals surface area contributed by atoms with Gasteiger partial charge < -0.3 is 28.8 Å². The van der Waals surface area contributed by atoms with Gasteiger partial charge in [-0.3, -0.25) is 9.53 Å². The molecule has 0 unspecified atom stereocenters. The van der Waals surface area contributed by atoms with Crippen LogP contribution in [0.25, 0.3) is 0 Å². The van der Waals surface area contributed by atoms with E-state index < -0.39 is 36.5 Å². The number of nitrogens with zero attached hydrogens (tertiary/aromatic N) is 3. The molecule has 0 bridgehead atoms. The molecule has 1 aromatic carbocycles. The van der Waals surface area contributed by atoms with E-state index in [2.05, 4.69) is 20.3 Å². The van der Waals surface area contributed by atoms with Gasteiger partial charge in [0.1, 0.15) is 17.7 Å². The van der Waals surface area contributed by atoms with E-state index in [1.165, 1.54) is 17.0 Å². The Bertz CT molecular complexity index is 979. The molecule has 3 heterocycles. The van der Waals surface area contributed by atoms with E-state index >= 15 is 0 Å². The highest BCUT2D eigenvalue weighted by Gasteiger charge is 2.41. The van der Waals surface area contributed by atoms with Gasteiger partial charge in [0.25, 0.3) is 11.8 Å². The van der Waals surface area contributed by atoms with Crippen molar-refractivity contribution in [3.8, 4) is 5.75 Å². The average molecular weight is 497 g/mol. The number of hydrogen-bond acceptors (Lipinski definition) is 9. The Balaban J connectivity index is 1.18. The minimum absolute atomic E-state index is 0.0111. The number of benzene rings is 1. The molecule has 0 spiro atoms. The van der Waals surface area contributed by atoms with Crippen LogP contribution in [0.4, 0.5) is 23.6 Å². The first-order valence-electron chi connectivity index (χ1n) is 9.59. The lowest BCUT2D eigenvalue weighted by Gasteiger charge is -2.37. The van der Waals surface area contributed by atoms with E-state index in [0.29, 0.717) is 0 Å². The fraction of sp³-hybridized carbons (Fsp3) is 0.500. The molecule has 0 radical (unpaired) electrons. The number of rotatable bonds is 7. The number of alkyl halides is 3. The van der Waals surface area contributed by atoms with Crippen molar-refractivity contribution in [3.05, 3.63) is 34.9 Å². The molecular weight excluding hydrogens is 480 g/mol. The van der Waals surface area contributed by atoms with Crippen LogP contribution in [0.5, 0.6) is 5.75 Å². The van der Waals surface area contributed by atoms with Crippen LogP contribution in [0.1, 0.15) is 12.2 Å². The Morgan fingerprint density at radius 1 is 1.24 bits per heavy atom. The lowest BCUT2D eigenvalue weighted by molar-refractivity contribution is -0.344. The molecule has 2 fully saturated rings. The highest BCUT2D eigenvalue weighted by Crippen LogP contribution is 2.29. The fourth-order valence-corrected chi connectivity index (χ4v) is 3.14. The summed E-state index contributed by atoms with van der Waals surface area (Å²) < 4.78 is 75.4. The third-order valence-corrected chi connectivity index (χ3v) is 4.88. The summed E-state index contributed by atoms with van der Waals surface area (Å²) in [5.74, 6) is -1.01. The quantitative estimate of drug-likeness (QED) is 0.577. The second-order valence-corrected chi connectivity index (χ2v) is 7.55. The summed E-state index contributed by atoms with van der Waals surface area (Å²) in [5.41, 5.74) is 0. The molecule has 2 aliphatic rings. The number of aromatic nitrogens is 2. The van der Waals surface area contributed by atoms with Crippen LogP contribution < -0.4 is 15.0 Å². The topological polar surface area (TPSA) is 108 Å². The van der Waals surface area contributed by atoms with Crippen LogP contribution in [0, 0.1) is 5.82 Å². The van der Waals surface area contributed by atoms with Crippen LogP contribution in [-0.4, -0.2) is 67.5 Å². The molecule has 15 heteroatoms. The first kappa shape index (κ1) is 23.5. The smallest absolute Gasteiger partial charge is 0.484 e. The van der Waals surface area contributed by atoms with Crippen LogP contribution in [0.15, 0.2) is 22.6 Å². The van der Waals surface area contributed by atoms with Gasteiger partial charge in [0.15, 0.2) is 6.61 Å². The van der Waals surface area contributed by atoms with Gasteiger partial charge in [-0.25, -0.2) is 4.39 Å². The third kappa shape index (κ3) is 6.22. The monoisotopic (exact) mass is 496 g/mol. The molecule has 0 saturated carbocycles. The van der Waals surface area contributed by atoms with Gasteiger partial charge in [-0.1, -0.05) is 16.7 Å². The summed E-state index contributed by atoms with van der Waals surface area (Å²) in [5, 5.41) is 10.1. The zero-order valence-electron chi connectivity index (χ0n) is 16.7. The Hall–Kier alpha value is -2.68. The van der Waals surface area contributed by atoms with Crippen molar-refractivity contribution in [2.24, 2.45) is 0 Å². The van der Waals surface area contributed by atoms with Crippen LogP contribution in [0.3, 0.4) is 0 Å². The summed E-state index contributed by atoms with van der Waals surface area (Å²) in [7, 11) is 0. The predicted octanol–water partition coefficient (Wildman–Crippen LogP) is 2.20. The van der Waals surface area contributed by atoms with Crippen molar-refractivity contribution in [1.82, 2.24) is 15.5 Å². The SMILES string of the molecule is O=C(COc1ccc(Cl)c(F)c1)NC1COC(c2nnc(N3CC(OC(F)(F)F)C3)o2)OC1. The maximum atomic E-state index is 13.4. The van der Waals surface area contributed by atoms with Crippen molar-refractivity contribution in [2.75, 3.05) is 37.8 Å². The van der Waals surface area contributed by atoms with Crippen molar-refractivity contribution >= 4 is 23.5 Å². The van der Waals surface area contributed by atoms with E-state index in [0.717, 1.165) is 6.07 Å². The summed E-state index contributed by atoms with van der Waals surface area (Å²) in [6.07, 6.45) is -6.70. The molecule has 1 N–H and O–H groups in total. The molecule has 1 aromatic heterocycles. The third-order valence-electron chi connectivity index (χ3n) is 4.57. The Morgan fingerprint density at radius 3 is 2.64 bits per heavy atom. The lowest BCUT2D eigenvalue weighted by atomic mass is 10.2. The van der Waals surface area contributed by atoms with E-state index in [1.54, 1.807) is 0 Å². The molecule has 0 atom stereocenters. The van der Waals surface area contributed by atoms with Crippen molar-refractivity contribution in [2.45, 2.75) is 24.8 Å². The van der Waals surface area contributed by atoms with Gasteiger partial charge >= 0.3 is 12.4 Å². The van der Waals surface area contributed by atoms with Gasteiger partial charge in [0.2, 0.25) is 6.29 Å². The molecule has 0 aliphatic carbocycles. The molecule has 4 rings (SSSR count). The number of carbonyl (C=O) groups excluding carboxylic acids is 1. The highest BCUT2D eigenvalue weighted by molar-refractivity contribution is 6.30. The standard InChI is InChI=1S/C18H17ClF4N4O6/c19-12-2-1-10(3-13(12)20)29-8-14(28)24-9-6-30-16(31-7-9)15-25-26-17(32-15)27-4-11(5-27)33-18(21,22)23/h1-3,9,11,16H,4-8H2,(H,24,28). The first-order valence-corrected chi connectivity index (χ1v) is 9.97. The maximum Gasteiger partial charge on any atom is 0.522 e. The molecule has 10 nitrogen and oxygen atoms in total. The van der Waals surface area contributed by atoms with Gasteiger partial charge in [0, 0.05) is 6.07 Å². The lowest BCUT2D eigenvalue weighted by Crippen LogP contribution is -2.54. The number of halogens is 5. The average Bonchev–Trinajstić information content (AvgIpc) is 3.21. The van der Waals surface area contributed by atoms with Crippen molar-refractivity contribution in [3.63, 3.8) is 0 Å². The van der Waals surface area contributed by atoms with Gasteiger partial charge in [-0.15, -0.1) is 18.3 Å². The van der Waals surface area contributed by atoms with Crippen molar-refractivity contribution < 1.29 is 45.7 Å². The van der Waals surface area contributed by atoms with E-state index in [9.17, 15) is 22.4 Å². The summed E-state index contributed by atoms with van der Waals surface area (Å²) in [6.45, 7) is -0.328. The highest BCUT2D eigenvalue weighted by atomic mass is 35.5. The molecule has 180 valence electrons. The van der Waals surface area contributed by atoms with Gasteiger partial charge in [0.05, 0.1) is 37.4 Å². The second-order valence-electron chi connectivity index (χ2n) is 7.14. The summed E-state index contributed by atoms with van der Waals surface area (Å²) in [6, 6.07) is 3.34. The molecule has 2 aromatic rings. The molecule has 2 saturated heterocycles. The largest absolute Gasteiger partial charge is 0.522 e. The maximum absolute atomic E-state index is 13.4. The van der Waals surface area contributed by atoms with Crippen LogP contribution in [0.2, 0.25) is 5.02 Å².